The Bertz CT molecular complexity index is 231. The Morgan fingerprint density at radius 3 is 2.91 bits per heavy atom. The van der Waals surface area contributed by atoms with Gasteiger partial charge in [-0.15, -0.1) is 0 Å². The van der Waals surface area contributed by atoms with E-state index in [1.807, 2.05) is 0 Å². The fourth-order valence-electron chi connectivity index (χ4n) is 0.623. The molecule has 60 valence electrons. The molecule has 0 radical (unpaired) electrons. The third-order valence-corrected chi connectivity index (χ3v) is 1.36. The third kappa shape index (κ3) is 2.03. The molecular formula is C6H10N4O. The van der Waals surface area contributed by atoms with Crippen LogP contribution in [0.1, 0.15) is 6.92 Å². The van der Waals surface area contributed by atoms with Gasteiger partial charge in [0.1, 0.15) is 19.3 Å². The predicted octanol–water partition coefficient (Wildman–Crippen LogP) is -0.286. The summed E-state index contributed by atoms with van der Waals surface area (Å²) < 4.78 is 1.58. The topological polar surface area (TPSA) is 51.0 Å². The largest absolute Gasteiger partial charge is 0.326 e. The number of hydrogen-bond acceptors (Lipinski definition) is 3. The van der Waals surface area contributed by atoms with E-state index < -0.39 is 0 Å². The van der Waals surface area contributed by atoms with Gasteiger partial charge in [0.2, 0.25) is 5.91 Å². The van der Waals surface area contributed by atoms with Crippen LogP contribution in [-0.2, 0) is 11.5 Å². The molecule has 0 aliphatic carbocycles. The summed E-state index contributed by atoms with van der Waals surface area (Å²) in [6.45, 7) is 1.96. The highest BCUT2D eigenvalue weighted by Crippen LogP contribution is 1.87. The van der Waals surface area contributed by atoms with Crippen molar-refractivity contribution in [1.82, 2.24) is 19.7 Å². The zero-order chi connectivity index (χ0) is 8.27. The second-order valence-electron chi connectivity index (χ2n) is 2.29. The highest BCUT2D eigenvalue weighted by Gasteiger charge is 2.01. The van der Waals surface area contributed by atoms with Crippen LogP contribution < -0.4 is 0 Å². The summed E-state index contributed by atoms with van der Waals surface area (Å²) in [4.78, 5) is 16.0. The second-order valence-corrected chi connectivity index (χ2v) is 2.29. The Labute approximate surface area is 64.6 Å². The van der Waals surface area contributed by atoms with E-state index in [1.165, 1.54) is 13.3 Å². The molecule has 0 bridgehead atoms. The molecule has 1 heterocycles. The summed E-state index contributed by atoms with van der Waals surface area (Å²) in [5.41, 5.74) is 0. The molecule has 0 spiro atoms. The summed E-state index contributed by atoms with van der Waals surface area (Å²) in [6.07, 6.45) is 3.01. The molecule has 0 N–H and O–H groups in total. The molecule has 0 atom stereocenters. The second kappa shape index (κ2) is 3.14. The Morgan fingerprint density at radius 2 is 2.45 bits per heavy atom. The molecule has 0 aliphatic rings. The zero-order valence-electron chi connectivity index (χ0n) is 6.56. The molecule has 0 aromatic carbocycles. The molecule has 1 aromatic heterocycles. The van der Waals surface area contributed by atoms with Crippen molar-refractivity contribution in [2.75, 3.05) is 7.05 Å². The van der Waals surface area contributed by atoms with E-state index in [-0.39, 0.29) is 5.91 Å². The summed E-state index contributed by atoms with van der Waals surface area (Å²) in [5, 5.41) is 3.85. The van der Waals surface area contributed by atoms with Crippen LogP contribution in [0.25, 0.3) is 0 Å². The van der Waals surface area contributed by atoms with Crippen LogP contribution in [0.3, 0.4) is 0 Å². The lowest BCUT2D eigenvalue weighted by atomic mass is 10.6. The summed E-state index contributed by atoms with van der Waals surface area (Å²) in [5.74, 6) is 0.0144. The molecular weight excluding hydrogens is 144 g/mol. The maximum Gasteiger partial charge on any atom is 0.220 e. The number of carbonyl (C=O) groups is 1. The Balaban J connectivity index is 2.50. The van der Waals surface area contributed by atoms with E-state index in [4.69, 9.17) is 0 Å². The molecule has 0 fully saturated rings. The molecule has 0 unspecified atom stereocenters. The maximum atomic E-state index is 10.7. The quantitative estimate of drug-likeness (QED) is 0.588. The first-order valence-electron chi connectivity index (χ1n) is 3.24. The lowest BCUT2D eigenvalue weighted by Gasteiger charge is -2.13. The molecule has 1 amide bonds. The van der Waals surface area contributed by atoms with E-state index in [9.17, 15) is 4.79 Å². The van der Waals surface area contributed by atoms with Crippen LogP contribution >= 0.6 is 0 Å². The average Bonchev–Trinajstić information content (AvgIpc) is 2.39. The van der Waals surface area contributed by atoms with Crippen LogP contribution in [-0.4, -0.2) is 32.6 Å². The van der Waals surface area contributed by atoms with Crippen molar-refractivity contribution < 1.29 is 4.79 Å². The van der Waals surface area contributed by atoms with E-state index in [0.29, 0.717) is 6.67 Å². The maximum absolute atomic E-state index is 10.7. The predicted molar refractivity (Wildman–Crippen MR) is 38.5 cm³/mol. The van der Waals surface area contributed by atoms with Gasteiger partial charge in [0, 0.05) is 14.0 Å². The monoisotopic (exact) mass is 154 g/mol. The van der Waals surface area contributed by atoms with Gasteiger partial charge in [0.25, 0.3) is 0 Å². The highest BCUT2D eigenvalue weighted by atomic mass is 16.2. The lowest BCUT2D eigenvalue weighted by molar-refractivity contribution is -0.129. The SMILES string of the molecule is CC(=O)N(C)Cn1cncn1. The van der Waals surface area contributed by atoms with Gasteiger partial charge in [-0.25, -0.2) is 9.67 Å². The minimum atomic E-state index is 0.0144. The normalized spacial score (nSPS) is 9.64. The van der Waals surface area contributed by atoms with E-state index >= 15 is 0 Å². The Kier molecular flexibility index (Phi) is 2.20. The average molecular weight is 154 g/mol. The number of nitrogens with zero attached hydrogens (tertiary/aromatic N) is 4. The van der Waals surface area contributed by atoms with Crippen LogP contribution in [0.2, 0.25) is 0 Å². The van der Waals surface area contributed by atoms with Gasteiger partial charge >= 0.3 is 0 Å². The smallest absolute Gasteiger partial charge is 0.220 e. The third-order valence-electron chi connectivity index (χ3n) is 1.36. The van der Waals surface area contributed by atoms with Crippen molar-refractivity contribution in [2.24, 2.45) is 0 Å². The minimum absolute atomic E-state index is 0.0144. The summed E-state index contributed by atoms with van der Waals surface area (Å²) in [6, 6.07) is 0. The van der Waals surface area contributed by atoms with Crippen LogP contribution in [0.4, 0.5) is 0 Å². The molecule has 11 heavy (non-hydrogen) atoms. The molecule has 5 nitrogen and oxygen atoms in total. The Morgan fingerprint density at radius 1 is 1.73 bits per heavy atom. The zero-order valence-corrected chi connectivity index (χ0v) is 6.56. The molecule has 0 saturated heterocycles. The first-order chi connectivity index (χ1) is 5.20. The van der Waals surface area contributed by atoms with Crippen LogP contribution in [0.5, 0.6) is 0 Å². The number of hydrogen-bond donors (Lipinski definition) is 0. The van der Waals surface area contributed by atoms with Gasteiger partial charge in [-0.3, -0.25) is 4.79 Å². The minimum Gasteiger partial charge on any atom is -0.326 e. The molecule has 1 rings (SSSR count). The lowest BCUT2D eigenvalue weighted by Crippen LogP contribution is -2.26. The Hall–Kier alpha value is -1.39. The fourth-order valence-corrected chi connectivity index (χ4v) is 0.623. The fraction of sp³-hybridized carbons (Fsp3) is 0.500. The van der Waals surface area contributed by atoms with Gasteiger partial charge in [-0.2, -0.15) is 5.10 Å². The van der Waals surface area contributed by atoms with Crippen molar-refractivity contribution in [2.45, 2.75) is 13.6 Å². The number of carbonyl (C=O) groups excluding carboxylic acids is 1. The van der Waals surface area contributed by atoms with E-state index in [2.05, 4.69) is 10.1 Å². The van der Waals surface area contributed by atoms with Crippen molar-refractivity contribution in [3.63, 3.8) is 0 Å². The van der Waals surface area contributed by atoms with Crippen molar-refractivity contribution in [3.8, 4) is 0 Å². The summed E-state index contributed by atoms with van der Waals surface area (Å²) in [7, 11) is 1.71. The first-order valence-corrected chi connectivity index (χ1v) is 3.24. The van der Waals surface area contributed by atoms with Gasteiger partial charge < -0.3 is 4.90 Å². The highest BCUT2D eigenvalue weighted by molar-refractivity contribution is 5.72. The number of amides is 1. The summed E-state index contributed by atoms with van der Waals surface area (Å²) >= 11 is 0. The van der Waals surface area contributed by atoms with Crippen molar-refractivity contribution >= 4 is 5.91 Å². The van der Waals surface area contributed by atoms with Crippen LogP contribution in [0, 0.1) is 0 Å². The molecule has 5 heteroatoms. The molecule has 1 aromatic rings. The van der Waals surface area contributed by atoms with E-state index in [0.717, 1.165) is 0 Å². The van der Waals surface area contributed by atoms with E-state index in [1.54, 1.807) is 23.0 Å². The standard InChI is InChI=1S/C6H10N4O/c1-6(11)9(2)5-10-4-7-3-8-10/h3-4H,5H2,1-2H3. The van der Waals surface area contributed by atoms with Gasteiger partial charge in [0.15, 0.2) is 0 Å². The van der Waals surface area contributed by atoms with Gasteiger partial charge in [-0.05, 0) is 0 Å². The number of aromatic nitrogens is 3. The van der Waals surface area contributed by atoms with Crippen molar-refractivity contribution in [1.29, 1.82) is 0 Å². The van der Waals surface area contributed by atoms with Crippen molar-refractivity contribution in [3.05, 3.63) is 12.7 Å². The number of rotatable bonds is 2. The van der Waals surface area contributed by atoms with Gasteiger partial charge in [-0.1, -0.05) is 0 Å². The molecule has 0 aliphatic heterocycles. The van der Waals surface area contributed by atoms with Gasteiger partial charge in [0.05, 0.1) is 0 Å². The van der Waals surface area contributed by atoms with Crippen LogP contribution in [0.15, 0.2) is 12.7 Å². The molecule has 0 saturated carbocycles. The first kappa shape index (κ1) is 7.71.